The number of ether oxygens (including phenoxy) is 3. The van der Waals surface area contributed by atoms with Crippen molar-refractivity contribution in [3.63, 3.8) is 0 Å². The van der Waals surface area contributed by atoms with Gasteiger partial charge in [-0.15, -0.1) is 0 Å². The Hall–Kier alpha value is -2.99. The Balaban J connectivity index is 0.00000129. The molecule has 0 saturated carbocycles. The van der Waals surface area contributed by atoms with Crippen molar-refractivity contribution in [1.82, 2.24) is 0 Å². The van der Waals surface area contributed by atoms with Crippen molar-refractivity contribution in [2.24, 2.45) is 0 Å². The van der Waals surface area contributed by atoms with Crippen LogP contribution < -0.4 is 10.2 Å². The molecule has 0 radical (unpaired) electrons. The molecule has 11 nitrogen and oxygen atoms in total. The Labute approximate surface area is 217 Å². The standard InChI is InChI=1S/C18H14O8.C3H6O3.Ca/c19-15(20)13(25-17(23)11-7-3-1-4-8-11)14(16(21)22)26-18(24)12-9-5-2-6-10-12;1-6-2-3(4)5;/h1-10,13-14H,(H,19,20)(H,21,22);2H2,1H3,(H,4,5);/q;;+2/p-2/t13-,14-;;/m1../s1. The molecule has 0 amide bonds. The summed E-state index contributed by atoms with van der Waals surface area (Å²) in [5, 5.41) is 30.3. The van der Waals surface area contributed by atoms with Crippen LogP contribution in [-0.2, 0) is 28.6 Å². The summed E-state index contributed by atoms with van der Waals surface area (Å²) in [7, 11) is 1.34. The van der Waals surface area contributed by atoms with E-state index in [9.17, 15) is 34.2 Å². The summed E-state index contributed by atoms with van der Waals surface area (Å²) in [6.07, 6.45) is -4.78. The Morgan fingerprint density at radius 3 is 1.30 bits per heavy atom. The molecule has 0 bridgehead atoms. The number of esters is 2. The fourth-order valence-corrected chi connectivity index (χ4v) is 2.11. The number of benzene rings is 2. The molecule has 0 aliphatic carbocycles. The van der Waals surface area contributed by atoms with Gasteiger partial charge in [0.25, 0.3) is 0 Å². The zero-order chi connectivity index (χ0) is 24.1. The van der Waals surface area contributed by atoms with Gasteiger partial charge in [-0.1, -0.05) is 36.4 Å². The molecule has 0 unspecified atom stereocenters. The number of rotatable bonds is 9. The van der Waals surface area contributed by atoms with E-state index in [1.807, 2.05) is 0 Å². The second-order valence-electron chi connectivity index (χ2n) is 5.85. The van der Waals surface area contributed by atoms with E-state index in [2.05, 4.69) is 14.2 Å². The van der Waals surface area contributed by atoms with Crippen molar-refractivity contribution < 1.29 is 53.5 Å². The van der Waals surface area contributed by atoms with E-state index in [0.29, 0.717) is 0 Å². The van der Waals surface area contributed by atoms with Crippen molar-refractivity contribution >= 4 is 67.6 Å². The monoisotopic (exact) mass is 486 g/mol. The number of carbonyl (C=O) groups is 5. The number of carboxylic acid groups (broad SMARTS) is 3. The molecule has 2 aromatic carbocycles. The molecular weight excluding hydrogens is 468 g/mol. The first-order chi connectivity index (χ1) is 15.2. The summed E-state index contributed by atoms with van der Waals surface area (Å²) < 4.78 is 13.5. The molecule has 0 aliphatic rings. The molecule has 0 aliphatic heterocycles. The van der Waals surface area contributed by atoms with Crippen molar-refractivity contribution in [3.05, 3.63) is 71.8 Å². The van der Waals surface area contributed by atoms with E-state index in [4.69, 9.17) is 5.11 Å². The van der Waals surface area contributed by atoms with Crippen LogP contribution in [0.2, 0.25) is 0 Å². The molecular formula is C21H18CaO11. The van der Waals surface area contributed by atoms with E-state index in [0.717, 1.165) is 0 Å². The van der Waals surface area contributed by atoms with Gasteiger partial charge in [0.05, 0.1) is 23.1 Å². The van der Waals surface area contributed by atoms with E-state index in [1.54, 1.807) is 12.1 Å². The summed E-state index contributed by atoms with van der Waals surface area (Å²) in [6, 6.07) is 14.5. The Morgan fingerprint density at radius 1 is 0.758 bits per heavy atom. The second kappa shape index (κ2) is 15.8. The number of carboxylic acids is 3. The zero-order valence-electron chi connectivity index (χ0n) is 17.4. The van der Waals surface area contributed by atoms with Gasteiger partial charge in [0.15, 0.2) is 12.2 Å². The fraction of sp³-hybridized carbons (Fsp3) is 0.190. The topological polar surface area (TPSA) is 179 Å². The van der Waals surface area contributed by atoms with E-state index < -0.39 is 42.1 Å². The smallest absolute Gasteiger partial charge is 0.546 e. The molecule has 0 aromatic heterocycles. The zero-order valence-corrected chi connectivity index (χ0v) is 19.6. The molecule has 33 heavy (non-hydrogen) atoms. The number of hydrogen-bond acceptors (Lipinski definition) is 10. The summed E-state index contributed by atoms with van der Waals surface area (Å²) in [4.78, 5) is 55.9. The number of methoxy groups -OCH3 is 1. The second-order valence-corrected chi connectivity index (χ2v) is 5.85. The SMILES string of the molecule is COCC(=O)O.O=C(O[C@@H](C(=O)[O-])[C@@H](OC(=O)c1ccccc1)C(=O)[O-])c1ccccc1.[Ca+2]. The average Bonchev–Trinajstić information content (AvgIpc) is 2.77. The van der Waals surface area contributed by atoms with Crippen LogP contribution in [0.1, 0.15) is 20.7 Å². The van der Waals surface area contributed by atoms with Crippen LogP contribution in [-0.4, -0.2) is 98.6 Å². The van der Waals surface area contributed by atoms with E-state index >= 15 is 0 Å². The van der Waals surface area contributed by atoms with Crippen molar-refractivity contribution in [2.45, 2.75) is 12.2 Å². The fourth-order valence-electron chi connectivity index (χ4n) is 2.11. The molecule has 0 heterocycles. The molecule has 0 fully saturated rings. The number of aliphatic carboxylic acids is 3. The van der Waals surface area contributed by atoms with E-state index in [1.165, 1.54) is 55.6 Å². The molecule has 0 saturated heterocycles. The molecule has 12 heteroatoms. The number of carbonyl (C=O) groups excluding carboxylic acids is 4. The van der Waals surface area contributed by atoms with Gasteiger partial charge in [0, 0.05) is 7.11 Å². The predicted molar refractivity (Wildman–Crippen MR) is 107 cm³/mol. The van der Waals surface area contributed by atoms with Crippen LogP contribution >= 0.6 is 0 Å². The summed E-state index contributed by atoms with van der Waals surface area (Å²) in [5.74, 6) is -7.28. The maximum atomic E-state index is 12.0. The van der Waals surface area contributed by atoms with Crippen LogP contribution in [0.5, 0.6) is 0 Å². The number of hydrogen-bond donors (Lipinski definition) is 1. The van der Waals surface area contributed by atoms with Gasteiger partial charge >= 0.3 is 55.6 Å². The van der Waals surface area contributed by atoms with Crippen molar-refractivity contribution in [3.8, 4) is 0 Å². The van der Waals surface area contributed by atoms with Crippen LogP contribution in [0.15, 0.2) is 60.7 Å². The quantitative estimate of drug-likeness (QED) is 0.314. The van der Waals surface area contributed by atoms with Crippen LogP contribution in [0.3, 0.4) is 0 Å². The third-order valence-corrected chi connectivity index (χ3v) is 3.49. The average molecular weight is 486 g/mol. The maximum Gasteiger partial charge on any atom is 2.00 e. The van der Waals surface area contributed by atoms with Gasteiger partial charge < -0.3 is 39.1 Å². The first kappa shape index (κ1) is 30.0. The van der Waals surface area contributed by atoms with Crippen molar-refractivity contribution in [2.75, 3.05) is 13.7 Å². The predicted octanol–water partition coefficient (Wildman–Crippen LogP) is -1.73. The maximum absolute atomic E-state index is 12.0. The van der Waals surface area contributed by atoms with E-state index in [-0.39, 0.29) is 55.5 Å². The Morgan fingerprint density at radius 2 is 1.09 bits per heavy atom. The first-order valence-electron chi connectivity index (χ1n) is 8.81. The van der Waals surface area contributed by atoms with Crippen LogP contribution in [0, 0.1) is 0 Å². The summed E-state index contributed by atoms with van der Waals surface area (Å²) >= 11 is 0. The van der Waals surface area contributed by atoms with Crippen LogP contribution in [0.4, 0.5) is 0 Å². The van der Waals surface area contributed by atoms with Gasteiger partial charge in [-0.2, -0.15) is 0 Å². The van der Waals surface area contributed by atoms with Crippen LogP contribution in [0.25, 0.3) is 0 Å². The molecule has 2 aromatic rings. The van der Waals surface area contributed by atoms with Crippen molar-refractivity contribution in [1.29, 1.82) is 0 Å². The molecule has 1 N–H and O–H groups in total. The third kappa shape index (κ3) is 10.9. The minimum Gasteiger partial charge on any atom is -0.546 e. The van der Waals surface area contributed by atoms with Gasteiger partial charge in [-0.05, 0) is 24.3 Å². The first-order valence-corrected chi connectivity index (χ1v) is 8.81. The minimum atomic E-state index is -2.39. The third-order valence-electron chi connectivity index (χ3n) is 3.49. The van der Waals surface area contributed by atoms with Gasteiger partial charge in [0.2, 0.25) is 0 Å². The van der Waals surface area contributed by atoms with Gasteiger partial charge in [-0.3, -0.25) is 0 Å². The normalized spacial score (nSPS) is 11.3. The Bertz CT molecular complexity index is 862. The molecule has 0 spiro atoms. The van der Waals surface area contributed by atoms with Gasteiger partial charge in [0.1, 0.15) is 6.61 Å². The Kier molecular flexibility index (Phi) is 14.3. The molecule has 2 rings (SSSR count). The summed E-state index contributed by atoms with van der Waals surface area (Å²) in [5.41, 5.74) is -0.0459. The molecule has 2 atom stereocenters. The molecule has 170 valence electrons. The largest absolute Gasteiger partial charge is 2.00 e. The minimum absolute atomic E-state index is 0. The summed E-state index contributed by atoms with van der Waals surface area (Å²) in [6.45, 7) is -0.208. The van der Waals surface area contributed by atoms with Gasteiger partial charge in [-0.25, -0.2) is 14.4 Å².